The van der Waals surface area contributed by atoms with E-state index in [1.165, 1.54) is 0 Å². The predicted octanol–water partition coefficient (Wildman–Crippen LogP) is -5.77. The Morgan fingerprint density at radius 2 is 1.25 bits per heavy atom. The molecule has 0 amide bonds. The van der Waals surface area contributed by atoms with Crippen molar-refractivity contribution in [3.05, 3.63) is 0 Å². The van der Waals surface area contributed by atoms with Crippen LogP contribution in [-0.2, 0) is 33.6 Å². The molecule has 0 fully saturated rings. The van der Waals surface area contributed by atoms with E-state index in [4.69, 9.17) is 0 Å². The van der Waals surface area contributed by atoms with E-state index in [9.17, 15) is 0 Å². The van der Waals surface area contributed by atoms with Crippen molar-refractivity contribution < 1.29 is 84.8 Å². The first-order valence-electron chi connectivity index (χ1n) is 0. The molecule has 0 N–H and O–H groups in total. The molecule has 0 saturated carbocycles. The van der Waals surface area contributed by atoms with Gasteiger partial charge in [-0.2, -0.15) is 0 Å². The van der Waals surface area contributed by atoms with Crippen molar-refractivity contribution in [3.63, 3.8) is 0 Å². The Kier molecular flexibility index (Phi) is 134. The molecule has 0 aliphatic rings. The quantitative estimate of drug-likeness (QED) is 0.298. The van der Waals surface area contributed by atoms with Crippen molar-refractivity contribution in [3.8, 4) is 0 Å². The SMILES string of the molecule is [H-].[H-].[Li+].[Mn].[Na+].[Ni]. The monoisotopic (exact) mass is 145 g/mol. The van der Waals surface area contributed by atoms with E-state index >= 15 is 0 Å². The summed E-state index contributed by atoms with van der Waals surface area (Å²) in [6.07, 6.45) is 0. The first-order valence-corrected chi connectivity index (χ1v) is 0. The number of hydrogen-bond acceptors (Lipinski definition) is 0. The van der Waals surface area contributed by atoms with Gasteiger partial charge >= 0.3 is 48.4 Å². The van der Waals surface area contributed by atoms with Crippen LogP contribution in [0.15, 0.2) is 0 Å². The molecule has 0 aromatic rings. The minimum atomic E-state index is 0. The molecular weight excluding hydrogens is 144 g/mol. The van der Waals surface area contributed by atoms with Crippen molar-refractivity contribution in [2.45, 2.75) is 0 Å². The van der Waals surface area contributed by atoms with Crippen LogP contribution < -0.4 is 48.4 Å². The molecule has 0 spiro atoms. The maximum Gasteiger partial charge on any atom is 1.00 e. The fraction of sp³-hybridized carbons (Fsp3) is 0. The summed E-state index contributed by atoms with van der Waals surface area (Å²) in [4.78, 5) is 0. The van der Waals surface area contributed by atoms with E-state index in [-0.39, 0.29) is 84.8 Å². The molecule has 0 nitrogen and oxygen atoms in total. The minimum absolute atomic E-state index is 0. The Bertz CT molecular complexity index is 13.5. The van der Waals surface area contributed by atoms with Crippen LogP contribution in [0.25, 0.3) is 0 Å². The zero-order valence-electron chi connectivity index (χ0n) is 4.69. The maximum atomic E-state index is 0. The molecule has 0 atom stereocenters. The van der Waals surface area contributed by atoms with Gasteiger partial charge in [0.1, 0.15) is 0 Å². The van der Waals surface area contributed by atoms with Crippen molar-refractivity contribution in [1.82, 2.24) is 0 Å². The Morgan fingerprint density at radius 1 is 1.25 bits per heavy atom. The molecule has 0 aliphatic heterocycles. The fourth-order valence-electron chi connectivity index (χ4n) is 0. The van der Waals surface area contributed by atoms with Crippen LogP contribution in [0.3, 0.4) is 0 Å². The van der Waals surface area contributed by atoms with Gasteiger partial charge in [0.2, 0.25) is 0 Å². The summed E-state index contributed by atoms with van der Waals surface area (Å²) in [6, 6.07) is 0. The molecule has 0 saturated heterocycles. The third kappa shape index (κ3) is 8.82. The Hall–Kier alpha value is 2.61. The first-order chi connectivity index (χ1) is 0. The standard InChI is InChI=1S/Li.Mn.Na.Ni.2H/q+1;;+1;;2*-1. The average molecular weight is 146 g/mol. The van der Waals surface area contributed by atoms with Crippen LogP contribution >= 0.6 is 0 Å². The van der Waals surface area contributed by atoms with E-state index in [1.54, 1.807) is 0 Å². The second-order valence-electron chi connectivity index (χ2n) is 0. The van der Waals surface area contributed by atoms with Gasteiger partial charge in [-0.3, -0.25) is 0 Å². The number of rotatable bonds is 0. The number of hydrogen-bond donors (Lipinski definition) is 0. The second kappa shape index (κ2) is 17.5. The van der Waals surface area contributed by atoms with E-state index in [0.717, 1.165) is 0 Å². The van der Waals surface area contributed by atoms with Crippen LogP contribution in [0.1, 0.15) is 2.85 Å². The predicted molar refractivity (Wildman–Crippen MR) is 2.22 cm³/mol. The molecule has 0 aliphatic carbocycles. The average Bonchev–Trinajstić information content (AvgIpc) is 0. The summed E-state index contributed by atoms with van der Waals surface area (Å²) >= 11 is 0. The van der Waals surface area contributed by atoms with Crippen LogP contribution in [0.2, 0.25) is 0 Å². The summed E-state index contributed by atoms with van der Waals surface area (Å²) in [5, 5.41) is 0. The zero-order valence-corrected chi connectivity index (χ0v) is 6.86. The third-order valence-electron chi connectivity index (χ3n) is 0. The molecule has 0 unspecified atom stereocenters. The van der Waals surface area contributed by atoms with Gasteiger partial charge in [-0.25, -0.2) is 0 Å². The molecule has 0 rings (SSSR count). The maximum absolute atomic E-state index is 0. The van der Waals surface area contributed by atoms with Gasteiger partial charge in [0.05, 0.1) is 0 Å². The van der Waals surface area contributed by atoms with Crippen LogP contribution in [0.5, 0.6) is 0 Å². The molecule has 0 bridgehead atoms. The van der Waals surface area contributed by atoms with E-state index in [0.29, 0.717) is 0 Å². The van der Waals surface area contributed by atoms with Crippen LogP contribution in [0.4, 0.5) is 0 Å². The van der Waals surface area contributed by atoms with Gasteiger partial charge in [0.25, 0.3) is 0 Å². The Balaban J connectivity index is 0. The summed E-state index contributed by atoms with van der Waals surface area (Å²) in [6.45, 7) is 0. The molecular formula is H2LiMnNaNi. The van der Waals surface area contributed by atoms with Gasteiger partial charge < -0.3 is 2.85 Å². The summed E-state index contributed by atoms with van der Waals surface area (Å²) < 4.78 is 0. The second-order valence-corrected chi connectivity index (χ2v) is 0. The molecule has 21 valence electrons. The Labute approximate surface area is 83.7 Å². The van der Waals surface area contributed by atoms with E-state index in [1.807, 2.05) is 0 Å². The van der Waals surface area contributed by atoms with Gasteiger partial charge in [0.15, 0.2) is 0 Å². The smallest absolute Gasteiger partial charge is 1.00 e. The molecule has 4 heteroatoms. The van der Waals surface area contributed by atoms with Crippen molar-refractivity contribution in [2.24, 2.45) is 0 Å². The van der Waals surface area contributed by atoms with Gasteiger partial charge in [0, 0.05) is 33.6 Å². The molecule has 0 aromatic heterocycles. The summed E-state index contributed by atoms with van der Waals surface area (Å²) in [5.41, 5.74) is 0. The van der Waals surface area contributed by atoms with E-state index < -0.39 is 0 Å². The summed E-state index contributed by atoms with van der Waals surface area (Å²) in [5.74, 6) is 0. The zero-order chi connectivity index (χ0) is 0. The van der Waals surface area contributed by atoms with Gasteiger partial charge in [-0.1, -0.05) is 0 Å². The minimum Gasteiger partial charge on any atom is -1.00 e. The topological polar surface area (TPSA) is 0 Å². The van der Waals surface area contributed by atoms with Crippen LogP contribution in [-0.4, -0.2) is 0 Å². The van der Waals surface area contributed by atoms with Gasteiger partial charge in [-0.05, 0) is 0 Å². The third-order valence-corrected chi connectivity index (χ3v) is 0. The first kappa shape index (κ1) is 30.5. The van der Waals surface area contributed by atoms with Crippen molar-refractivity contribution >= 4 is 0 Å². The van der Waals surface area contributed by atoms with Crippen molar-refractivity contribution in [2.75, 3.05) is 0 Å². The Morgan fingerprint density at radius 3 is 1.25 bits per heavy atom. The van der Waals surface area contributed by atoms with Crippen LogP contribution in [0, 0.1) is 0 Å². The van der Waals surface area contributed by atoms with E-state index in [2.05, 4.69) is 0 Å². The largest absolute Gasteiger partial charge is 1.00 e. The molecule has 0 aromatic carbocycles. The van der Waals surface area contributed by atoms with Gasteiger partial charge in [-0.15, -0.1) is 0 Å². The molecule has 1 radical (unpaired) electrons. The molecule has 0 heterocycles. The summed E-state index contributed by atoms with van der Waals surface area (Å²) in [7, 11) is 0. The van der Waals surface area contributed by atoms with Crippen molar-refractivity contribution in [1.29, 1.82) is 0 Å². The molecule has 4 heavy (non-hydrogen) atoms. The fourth-order valence-corrected chi connectivity index (χ4v) is 0. The normalized spacial score (nSPS) is 0.